The van der Waals surface area contributed by atoms with Crippen molar-refractivity contribution in [2.45, 2.75) is 33.4 Å². The summed E-state index contributed by atoms with van der Waals surface area (Å²) in [6.45, 7) is 7.89. The van der Waals surface area contributed by atoms with Crippen LogP contribution in [-0.2, 0) is 11.3 Å². The third-order valence-electron chi connectivity index (χ3n) is 3.66. The highest BCUT2D eigenvalue weighted by Crippen LogP contribution is 2.20. The number of aromatic nitrogens is 1. The fourth-order valence-corrected chi connectivity index (χ4v) is 2.15. The van der Waals surface area contributed by atoms with Gasteiger partial charge in [0.25, 0.3) is 0 Å². The molecule has 0 bridgehead atoms. The van der Waals surface area contributed by atoms with E-state index in [-0.39, 0.29) is 11.5 Å². The third kappa shape index (κ3) is 6.44. The molecule has 1 aromatic heterocycles. The molecule has 0 saturated heterocycles. The van der Waals surface area contributed by atoms with Crippen molar-refractivity contribution in [2.24, 2.45) is 10.4 Å². The molecule has 0 saturated carbocycles. The number of guanidine groups is 1. The molecule has 1 heterocycles. The summed E-state index contributed by atoms with van der Waals surface area (Å²) >= 11 is 0. The predicted molar refractivity (Wildman–Crippen MR) is 97.0 cm³/mol. The number of nitrogens with one attached hydrogen (secondary N) is 2. The molecule has 0 spiro atoms. The van der Waals surface area contributed by atoms with Crippen molar-refractivity contribution in [1.82, 2.24) is 15.6 Å². The lowest BCUT2D eigenvalue weighted by molar-refractivity contribution is 0.0205. The van der Waals surface area contributed by atoms with E-state index in [2.05, 4.69) is 47.4 Å². The van der Waals surface area contributed by atoms with E-state index >= 15 is 0 Å². The SMILES string of the molecule is CN=C(NCc1ccnc(N(C)C)c1)NCC(OC)C(C)(C)C. The van der Waals surface area contributed by atoms with Crippen LogP contribution in [0.5, 0.6) is 0 Å². The van der Waals surface area contributed by atoms with Gasteiger partial charge in [-0.05, 0) is 23.1 Å². The number of hydrogen-bond donors (Lipinski definition) is 2. The quantitative estimate of drug-likeness (QED) is 0.619. The summed E-state index contributed by atoms with van der Waals surface area (Å²) in [4.78, 5) is 10.6. The van der Waals surface area contributed by atoms with E-state index in [0.29, 0.717) is 13.1 Å². The van der Waals surface area contributed by atoms with Crippen molar-refractivity contribution < 1.29 is 4.74 Å². The maximum absolute atomic E-state index is 5.56. The van der Waals surface area contributed by atoms with Crippen LogP contribution in [0.3, 0.4) is 0 Å². The van der Waals surface area contributed by atoms with Crippen LogP contribution in [0.1, 0.15) is 26.3 Å². The molecule has 0 radical (unpaired) electrons. The highest BCUT2D eigenvalue weighted by atomic mass is 16.5. The second-order valence-electron chi connectivity index (χ2n) is 6.81. The summed E-state index contributed by atoms with van der Waals surface area (Å²) in [5.41, 5.74) is 1.23. The smallest absolute Gasteiger partial charge is 0.191 e. The van der Waals surface area contributed by atoms with E-state index in [1.807, 2.05) is 31.3 Å². The van der Waals surface area contributed by atoms with Crippen LogP contribution >= 0.6 is 0 Å². The lowest BCUT2D eigenvalue weighted by Crippen LogP contribution is -2.45. The Morgan fingerprint density at radius 3 is 2.57 bits per heavy atom. The first-order valence-corrected chi connectivity index (χ1v) is 7.87. The minimum atomic E-state index is 0.0757. The van der Waals surface area contributed by atoms with Gasteiger partial charge in [0.1, 0.15) is 5.82 Å². The number of anilines is 1. The normalized spacial score (nSPS) is 13.6. The number of rotatable bonds is 6. The van der Waals surface area contributed by atoms with Crippen LogP contribution in [0.15, 0.2) is 23.3 Å². The number of aliphatic imine (C=N–C) groups is 1. The van der Waals surface area contributed by atoms with Crippen molar-refractivity contribution in [3.05, 3.63) is 23.9 Å². The summed E-state index contributed by atoms with van der Waals surface area (Å²) < 4.78 is 5.56. The van der Waals surface area contributed by atoms with E-state index in [9.17, 15) is 0 Å². The van der Waals surface area contributed by atoms with Crippen LogP contribution in [0.25, 0.3) is 0 Å². The van der Waals surface area contributed by atoms with E-state index in [4.69, 9.17) is 4.74 Å². The van der Waals surface area contributed by atoms with Crippen LogP contribution in [0.2, 0.25) is 0 Å². The number of hydrogen-bond acceptors (Lipinski definition) is 4. The average molecular weight is 321 g/mol. The van der Waals surface area contributed by atoms with Gasteiger partial charge < -0.3 is 20.3 Å². The van der Waals surface area contributed by atoms with Gasteiger partial charge >= 0.3 is 0 Å². The Morgan fingerprint density at radius 1 is 1.35 bits per heavy atom. The van der Waals surface area contributed by atoms with Crippen LogP contribution < -0.4 is 15.5 Å². The van der Waals surface area contributed by atoms with Gasteiger partial charge in [-0.2, -0.15) is 0 Å². The molecule has 0 aromatic carbocycles. The highest BCUT2D eigenvalue weighted by molar-refractivity contribution is 5.79. The first-order valence-electron chi connectivity index (χ1n) is 7.87. The van der Waals surface area contributed by atoms with Gasteiger partial charge in [0.2, 0.25) is 0 Å². The van der Waals surface area contributed by atoms with Crippen molar-refractivity contribution in [2.75, 3.05) is 39.7 Å². The fourth-order valence-electron chi connectivity index (χ4n) is 2.15. The summed E-state index contributed by atoms with van der Waals surface area (Å²) in [5, 5.41) is 6.64. The molecule has 1 atom stereocenters. The molecule has 2 N–H and O–H groups in total. The van der Waals surface area contributed by atoms with Gasteiger partial charge in [0, 0.05) is 47.5 Å². The lowest BCUT2D eigenvalue weighted by Gasteiger charge is -2.30. The van der Waals surface area contributed by atoms with Gasteiger partial charge in [-0.15, -0.1) is 0 Å². The number of pyridine rings is 1. The molecule has 0 aliphatic rings. The maximum atomic E-state index is 5.56. The zero-order valence-electron chi connectivity index (χ0n) is 15.5. The fraction of sp³-hybridized carbons (Fsp3) is 0.647. The van der Waals surface area contributed by atoms with Gasteiger partial charge in [-0.1, -0.05) is 20.8 Å². The van der Waals surface area contributed by atoms with Crippen LogP contribution in [0.4, 0.5) is 5.82 Å². The van der Waals surface area contributed by atoms with Gasteiger partial charge in [-0.3, -0.25) is 4.99 Å². The van der Waals surface area contributed by atoms with Crippen molar-refractivity contribution in [1.29, 1.82) is 0 Å². The summed E-state index contributed by atoms with van der Waals surface area (Å²) in [6, 6.07) is 4.06. The molecule has 1 unspecified atom stereocenters. The molecule has 0 amide bonds. The third-order valence-corrected chi connectivity index (χ3v) is 3.66. The van der Waals surface area contributed by atoms with E-state index in [1.54, 1.807) is 14.2 Å². The summed E-state index contributed by atoms with van der Waals surface area (Å²) in [6.07, 6.45) is 1.94. The molecule has 1 rings (SSSR count). The molecule has 0 aliphatic carbocycles. The number of methoxy groups -OCH3 is 1. The zero-order valence-corrected chi connectivity index (χ0v) is 15.5. The molecular formula is C17H31N5O. The Kier molecular flexibility index (Phi) is 7.29. The summed E-state index contributed by atoms with van der Waals surface area (Å²) in [7, 11) is 7.48. The zero-order chi connectivity index (χ0) is 17.5. The second-order valence-corrected chi connectivity index (χ2v) is 6.81. The van der Waals surface area contributed by atoms with Crippen LogP contribution in [-0.4, -0.2) is 51.8 Å². The molecule has 1 aromatic rings. The lowest BCUT2D eigenvalue weighted by atomic mass is 9.89. The molecule has 23 heavy (non-hydrogen) atoms. The Morgan fingerprint density at radius 2 is 2.04 bits per heavy atom. The van der Waals surface area contributed by atoms with E-state index in [0.717, 1.165) is 17.3 Å². The Labute approximate surface area is 140 Å². The minimum Gasteiger partial charge on any atom is -0.379 e. The van der Waals surface area contributed by atoms with Crippen molar-refractivity contribution in [3.8, 4) is 0 Å². The monoisotopic (exact) mass is 321 g/mol. The highest BCUT2D eigenvalue weighted by Gasteiger charge is 2.24. The molecular weight excluding hydrogens is 290 g/mol. The summed E-state index contributed by atoms with van der Waals surface area (Å²) in [5.74, 6) is 1.71. The molecule has 6 nitrogen and oxygen atoms in total. The minimum absolute atomic E-state index is 0.0757. The predicted octanol–water partition coefficient (Wildman–Crippen LogP) is 1.87. The van der Waals surface area contributed by atoms with Crippen LogP contribution in [0, 0.1) is 5.41 Å². The maximum Gasteiger partial charge on any atom is 0.191 e. The molecule has 0 fully saturated rings. The molecule has 130 valence electrons. The largest absolute Gasteiger partial charge is 0.379 e. The Bertz CT molecular complexity index is 508. The van der Waals surface area contributed by atoms with Gasteiger partial charge in [0.15, 0.2) is 5.96 Å². The topological polar surface area (TPSA) is 61.8 Å². The van der Waals surface area contributed by atoms with E-state index < -0.39 is 0 Å². The van der Waals surface area contributed by atoms with Crippen molar-refractivity contribution >= 4 is 11.8 Å². The number of nitrogens with zero attached hydrogens (tertiary/aromatic N) is 3. The average Bonchev–Trinajstić information content (AvgIpc) is 2.49. The van der Waals surface area contributed by atoms with Gasteiger partial charge in [-0.25, -0.2) is 4.98 Å². The first kappa shape index (κ1) is 19.2. The number of ether oxygens (including phenoxy) is 1. The standard InChI is InChI=1S/C17H31N5O/c1-17(2,3)14(23-7)12-21-16(18-4)20-11-13-8-9-19-15(10-13)22(5)6/h8-10,14H,11-12H2,1-7H3,(H2,18,20,21). The first-order chi connectivity index (χ1) is 10.8. The van der Waals surface area contributed by atoms with E-state index in [1.165, 1.54) is 0 Å². The van der Waals surface area contributed by atoms with Gasteiger partial charge in [0.05, 0.1) is 6.10 Å². The Balaban J connectivity index is 2.56. The van der Waals surface area contributed by atoms with Crippen molar-refractivity contribution in [3.63, 3.8) is 0 Å². The molecule has 0 aliphatic heterocycles. The second kappa shape index (κ2) is 8.72. The Hall–Kier alpha value is -1.82. The molecule has 6 heteroatoms.